The van der Waals surface area contributed by atoms with Gasteiger partial charge < -0.3 is 10.9 Å². The average molecular weight is 187 g/mol. The second-order valence-electron chi connectivity index (χ2n) is 3.17. The number of oxime groups is 1. The Morgan fingerprint density at radius 1 is 1.38 bits per heavy atom. The first-order valence-corrected chi connectivity index (χ1v) is 4.93. The fourth-order valence-corrected chi connectivity index (χ4v) is 1.20. The van der Waals surface area contributed by atoms with Gasteiger partial charge in [0.1, 0.15) is 0 Å². The molecule has 0 rings (SSSR count). The third-order valence-corrected chi connectivity index (χ3v) is 2.04. The van der Waals surface area contributed by atoms with Crippen molar-refractivity contribution in [3.8, 4) is 0 Å². The van der Waals surface area contributed by atoms with Crippen LogP contribution in [0.3, 0.4) is 0 Å². The molecule has 78 valence electrons. The summed E-state index contributed by atoms with van der Waals surface area (Å²) >= 11 is 0. The molecule has 4 nitrogen and oxygen atoms in total. The van der Waals surface area contributed by atoms with Crippen LogP contribution in [0.4, 0.5) is 0 Å². The summed E-state index contributed by atoms with van der Waals surface area (Å²) in [5.41, 5.74) is 5.41. The number of unbranched alkanes of at least 4 members (excludes halogenated alkanes) is 2. The van der Waals surface area contributed by atoms with Gasteiger partial charge in [-0.15, -0.1) is 0 Å². The van der Waals surface area contributed by atoms with E-state index in [1.54, 1.807) is 0 Å². The second kappa shape index (κ2) is 7.86. The van der Waals surface area contributed by atoms with Crippen LogP contribution in [0, 0.1) is 0 Å². The lowest BCUT2D eigenvalue weighted by molar-refractivity contribution is 0.295. The van der Waals surface area contributed by atoms with E-state index in [0.717, 1.165) is 13.1 Å². The fraction of sp³-hybridized carbons (Fsp3) is 0.889. The summed E-state index contributed by atoms with van der Waals surface area (Å²) in [6.45, 7) is 6.80. The van der Waals surface area contributed by atoms with E-state index < -0.39 is 0 Å². The zero-order valence-electron chi connectivity index (χ0n) is 8.66. The lowest BCUT2D eigenvalue weighted by atomic mass is 10.2. The van der Waals surface area contributed by atoms with Gasteiger partial charge in [0.05, 0.1) is 6.54 Å². The summed E-state index contributed by atoms with van der Waals surface area (Å²) < 4.78 is 0. The molecule has 0 atom stereocenters. The van der Waals surface area contributed by atoms with Crippen molar-refractivity contribution in [3.63, 3.8) is 0 Å². The van der Waals surface area contributed by atoms with Gasteiger partial charge in [-0.1, -0.05) is 31.8 Å². The molecule has 4 heteroatoms. The Balaban J connectivity index is 3.63. The minimum absolute atomic E-state index is 0.290. The van der Waals surface area contributed by atoms with Crippen molar-refractivity contribution in [3.05, 3.63) is 0 Å². The van der Waals surface area contributed by atoms with Crippen LogP contribution in [0.5, 0.6) is 0 Å². The second-order valence-corrected chi connectivity index (χ2v) is 3.17. The average Bonchev–Trinajstić information content (AvgIpc) is 2.16. The Bertz CT molecular complexity index is 148. The molecule has 0 aromatic carbocycles. The lowest BCUT2D eigenvalue weighted by Gasteiger charge is -2.18. The van der Waals surface area contributed by atoms with Crippen LogP contribution in [-0.4, -0.2) is 35.6 Å². The maximum atomic E-state index is 8.39. The highest BCUT2D eigenvalue weighted by Gasteiger charge is 2.03. The van der Waals surface area contributed by atoms with Crippen molar-refractivity contribution >= 4 is 5.84 Å². The SMILES string of the molecule is CCCCCN(CC)CC(N)=NO. The van der Waals surface area contributed by atoms with Gasteiger partial charge in [-0.2, -0.15) is 0 Å². The first-order valence-electron chi connectivity index (χ1n) is 4.93. The third-order valence-electron chi connectivity index (χ3n) is 2.04. The van der Waals surface area contributed by atoms with Gasteiger partial charge >= 0.3 is 0 Å². The van der Waals surface area contributed by atoms with Crippen LogP contribution in [-0.2, 0) is 0 Å². The van der Waals surface area contributed by atoms with Gasteiger partial charge in [0.2, 0.25) is 0 Å². The number of rotatable bonds is 7. The molecule has 0 amide bonds. The minimum Gasteiger partial charge on any atom is -0.409 e. The van der Waals surface area contributed by atoms with E-state index in [9.17, 15) is 0 Å². The zero-order valence-corrected chi connectivity index (χ0v) is 8.66. The molecule has 0 spiro atoms. The van der Waals surface area contributed by atoms with Gasteiger partial charge in [-0.25, -0.2) is 0 Å². The monoisotopic (exact) mass is 187 g/mol. The summed E-state index contributed by atoms with van der Waals surface area (Å²) in [7, 11) is 0. The molecule has 3 N–H and O–H groups in total. The summed E-state index contributed by atoms with van der Waals surface area (Å²) in [6.07, 6.45) is 3.65. The molecule has 13 heavy (non-hydrogen) atoms. The normalized spacial score (nSPS) is 12.4. The molecule has 0 fully saturated rings. The highest BCUT2D eigenvalue weighted by Crippen LogP contribution is 1.97. The Hall–Kier alpha value is -0.770. The maximum absolute atomic E-state index is 8.39. The summed E-state index contributed by atoms with van der Waals surface area (Å²) in [5.74, 6) is 0.290. The summed E-state index contributed by atoms with van der Waals surface area (Å²) in [6, 6.07) is 0. The van der Waals surface area contributed by atoms with Crippen LogP contribution in [0.1, 0.15) is 33.1 Å². The Morgan fingerprint density at radius 3 is 2.54 bits per heavy atom. The van der Waals surface area contributed by atoms with Gasteiger partial charge in [-0.05, 0) is 19.5 Å². The molecule has 0 aliphatic carbocycles. The zero-order chi connectivity index (χ0) is 10.1. The van der Waals surface area contributed by atoms with E-state index in [1.165, 1.54) is 19.3 Å². The van der Waals surface area contributed by atoms with Crippen molar-refractivity contribution in [2.75, 3.05) is 19.6 Å². The first-order chi connectivity index (χ1) is 6.24. The van der Waals surface area contributed by atoms with Crippen LogP contribution in [0.2, 0.25) is 0 Å². The van der Waals surface area contributed by atoms with Gasteiger partial charge in [0, 0.05) is 0 Å². The molecule has 0 aliphatic rings. The third kappa shape index (κ3) is 6.40. The van der Waals surface area contributed by atoms with E-state index in [-0.39, 0.29) is 0 Å². The Kier molecular flexibility index (Phi) is 7.39. The summed E-state index contributed by atoms with van der Waals surface area (Å²) in [5, 5.41) is 11.3. The highest BCUT2D eigenvalue weighted by molar-refractivity contribution is 5.81. The maximum Gasteiger partial charge on any atom is 0.153 e. The lowest BCUT2D eigenvalue weighted by Crippen LogP contribution is -2.34. The van der Waals surface area contributed by atoms with Gasteiger partial charge in [0.25, 0.3) is 0 Å². The number of amidine groups is 1. The van der Waals surface area contributed by atoms with E-state index in [1.807, 2.05) is 0 Å². The van der Waals surface area contributed by atoms with Crippen molar-refractivity contribution in [2.24, 2.45) is 10.9 Å². The van der Waals surface area contributed by atoms with Gasteiger partial charge in [-0.3, -0.25) is 4.90 Å². The number of hydrogen-bond acceptors (Lipinski definition) is 3. The Labute approximate surface area is 80.4 Å². The number of hydrogen-bond donors (Lipinski definition) is 2. The van der Waals surface area contributed by atoms with Crippen LogP contribution in [0.25, 0.3) is 0 Å². The molecule has 0 aromatic rings. The Morgan fingerprint density at radius 2 is 2.08 bits per heavy atom. The molecule has 0 aliphatic heterocycles. The molecule has 0 radical (unpaired) electrons. The van der Waals surface area contributed by atoms with Crippen molar-refractivity contribution in [2.45, 2.75) is 33.1 Å². The predicted molar refractivity (Wildman–Crippen MR) is 55.0 cm³/mol. The van der Waals surface area contributed by atoms with Crippen molar-refractivity contribution in [1.82, 2.24) is 4.90 Å². The minimum atomic E-state index is 0.290. The number of nitrogens with two attached hydrogens (primary N) is 1. The van der Waals surface area contributed by atoms with Gasteiger partial charge in [0.15, 0.2) is 5.84 Å². The van der Waals surface area contributed by atoms with Crippen molar-refractivity contribution < 1.29 is 5.21 Å². The number of likely N-dealkylation sites (N-methyl/N-ethyl adjacent to an activating group) is 1. The van der Waals surface area contributed by atoms with E-state index in [2.05, 4.69) is 23.9 Å². The number of nitrogens with zero attached hydrogens (tertiary/aromatic N) is 2. The molecular weight excluding hydrogens is 166 g/mol. The molecule has 0 heterocycles. The van der Waals surface area contributed by atoms with Crippen LogP contribution >= 0.6 is 0 Å². The largest absolute Gasteiger partial charge is 0.409 e. The first kappa shape index (κ1) is 12.2. The molecule has 0 bridgehead atoms. The quantitative estimate of drug-likeness (QED) is 0.207. The molecular formula is C9H21N3O. The van der Waals surface area contributed by atoms with Crippen LogP contribution in [0.15, 0.2) is 5.16 Å². The smallest absolute Gasteiger partial charge is 0.153 e. The molecule has 0 aromatic heterocycles. The van der Waals surface area contributed by atoms with E-state index in [0.29, 0.717) is 12.4 Å². The molecule has 0 unspecified atom stereocenters. The highest BCUT2D eigenvalue weighted by atomic mass is 16.4. The predicted octanol–water partition coefficient (Wildman–Crippen LogP) is 1.24. The van der Waals surface area contributed by atoms with E-state index in [4.69, 9.17) is 10.9 Å². The molecule has 0 saturated heterocycles. The standard InChI is InChI=1S/C9H21N3O/c1-3-5-6-7-12(4-2)8-9(10)11-13/h13H,3-8H2,1-2H3,(H2,10,11). The van der Waals surface area contributed by atoms with Crippen LogP contribution < -0.4 is 5.73 Å². The van der Waals surface area contributed by atoms with Crippen molar-refractivity contribution in [1.29, 1.82) is 0 Å². The molecule has 0 saturated carbocycles. The summed E-state index contributed by atoms with van der Waals surface area (Å²) in [4.78, 5) is 2.17. The fourth-order valence-electron chi connectivity index (χ4n) is 1.20. The van der Waals surface area contributed by atoms with E-state index >= 15 is 0 Å². The topological polar surface area (TPSA) is 61.8 Å².